The summed E-state index contributed by atoms with van der Waals surface area (Å²) in [6.07, 6.45) is -11.0. The van der Waals surface area contributed by atoms with Crippen molar-refractivity contribution in [1.82, 2.24) is 0 Å². The number of hydrogen-bond acceptors (Lipinski definition) is 12. The van der Waals surface area contributed by atoms with Gasteiger partial charge in [0.1, 0.15) is 41.7 Å². The minimum atomic E-state index is -1.83. The predicted molar refractivity (Wildman–Crippen MR) is 135 cm³/mol. The van der Waals surface area contributed by atoms with Gasteiger partial charge in [0.05, 0.1) is 35.4 Å². The Morgan fingerprint density at radius 3 is 2.31 bits per heavy atom. The van der Waals surface area contributed by atoms with Crippen molar-refractivity contribution < 1.29 is 59.9 Å². The minimum absolute atomic E-state index is 0.0246. The lowest BCUT2D eigenvalue weighted by Crippen LogP contribution is -2.50. The summed E-state index contributed by atoms with van der Waals surface area (Å²) in [4.78, 5) is 26.1. The second-order valence-electron chi connectivity index (χ2n) is 10.5. The molecule has 0 bridgehead atoms. The number of hydrogen-bond donors (Lipinski definition) is 8. The summed E-state index contributed by atoms with van der Waals surface area (Å²) in [5.74, 6) is -4.63. The summed E-state index contributed by atoms with van der Waals surface area (Å²) in [5.41, 5.74) is -0.0435. The number of ketones is 2. The summed E-state index contributed by atoms with van der Waals surface area (Å²) in [5, 5.41) is 84.1. The van der Waals surface area contributed by atoms with Gasteiger partial charge in [-0.05, 0) is 44.2 Å². The fraction of sp³-hybridized carbons (Fsp3) is 0.556. The van der Waals surface area contributed by atoms with Crippen LogP contribution in [0.15, 0.2) is 6.07 Å². The number of Topliss-reactive ketones (excluding diaryl/α,β-unsaturated/α-hetero) is 2. The van der Waals surface area contributed by atoms with Gasteiger partial charge in [-0.2, -0.15) is 0 Å². The highest BCUT2D eigenvalue weighted by Gasteiger charge is 2.46. The van der Waals surface area contributed by atoms with Crippen LogP contribution in [0.5, 0.6) is 17.2 Å². The third-order valence-electron chi connectivity index (χ3n) is 7.95. The van der Waals surface area contributed by atoms with E-state index in [1.54, 1.807) is 6.92 Å². The van der Waals surface area contributed by atoms with Crippen molar-refractivity contribution in [3.8, 4) is 17.2 Å². The highest BCUT2D eigenvalue weighted by Crippen LogP contribution is 2.51. The summed E-state index contributed by atoms with van der Waals surface area (Å²) < 4.78 is 11.1. The van der Waals surface area contributed by atoms with Gasteiger partial charge in [-0.3, -0.25) is 9.59 Å². The predicted octanol–water partition coefficient (Wildman–Crippen LogP) is -0.122. The normalized spacial score (nSPS) is 29.6. The van der Waals surface area contributed by atoms with E-state index in [0.717, 1.165) is 7.11 Å². The number of carbonyl (C=O) groups excluding carboxylic acids is 2. The van der Waals surface area contributed by atoms with Gasteiger partial charge in [-0.1, -0.05) is 0 Å². The number of methoxy groups -OCH3 is 1. The average Bonchev–Trinajstić information content (AvgIpc) is 2.88. The number of benzene rings is 2. The quantitative estimate of drug-likeness (QED) is 0.236. The third-order valence-corrected chi connectivity index (χ3v) is 7.95. The van der Waals surface area contributed by atoms with E-state index >= 15 is 0 Å². The standard InChI is InChI=1S/C27H34O12/c1-8-19(30)17(15-7-14(29)22(33)10(3)39-15)12-5-11-6-13(27(38-4)26(37)21(32)9(2)28)23(34)25(36)16(11)24(35)18(12)20(8)31/h5,9-10,13-15,21-23,27-35H,6-7H2,1-4H3/t9-,10+,13+,14+,15+,21+,22+,23-,27-/m0/s1. The number of rotatable bonds is 6. The third kappa shape index (κ3) is 4.65. The van der Waals surface area contributed by atoms with Crippen LogP contribution in [0.3, 0.4) is 0 Å². The first-order chi connectivity index (χ1) is 18.2. The van der Waals surface area contributed by atoms with Gasteiger partial charge in [-0.25, -0.2) is 0 Å². The average molecular weight is 551 g/mol. The van der Waals surface area contributed by atoms with E-state index in [4.69, 9.17) is 9.47 Å². The zero-order valence-corrected chi connectivity index (χ0v) is 21.9. The van der Waals surface area contributed by atoms with E-state index in [1.165, 1.54) is 19.9 Å². The van der Waals surface area contributed by atoms with Crippen molar-refractivity contribution in [2.75, 3.05) is 7.11 Å². The first-order valence-electron chi connectivity index (χ1n) is 12.6. The van der Waals surface area contributed by atoms with Gasteiger partial charge in [0.25, 0.3) is 0 Å². The summed E-state index contributed by atoms with van der Waals surface area (Å²) in [7, 11) is 1.15. The molecule has 214 valence electrons. The van der Waals surface area contributed by atoms with E-state index in [0.29, 0.717) is 0 Å². The molecule has 1 aliphatic heterocycles. The molecule has 1 aliphatic carbocycles. The largest absolute Gasteiger partial charge is 0.507 e. The van der Waals surface area contributed by atoms with Crippen LogP contribution in [0.1, 0.15) is 53.4 Å². The molecule has 1 saturated heterocycles. The molecular weight excluding hydrogens is 516 g/mol. The fourth-order valence-corrected chi connectivity index (χ4v) is 5.71. The van der Waals surface area contributed by atoms with E-state index in [9.17, 15) is 50.4 Å². The monoisotopic (exact) mass is 550 g/mol. The maximum absolute atomic E-state index is 13.3. The van der Waals surface area contributed by atoms with Crippen LogP contribution < -0.4 is 0 Å². The number of aliphatic hydroxyl groups excluding tert-OH is 5. The van der Waals surface area contributed by atoms with Crippen molar-refractivity contribution in [3.63, 3.8) is 0 Å². The SMILES string of the molecule is CO[C@H](C(=O)[C@H](O)[C@H](C)O)[C@@H]1Cc2cc3c([C@H]4C[C@@H](O)[C@H](O)[C@@H](C)O4)c(O)c(C)c(O)c3c(O)c2C(=O)[C@H]1O. The number of ether oxygens (including phenoxy) is 2. The molecule has 0 radical (unpaired) electrons. The van der Waals surface area contributed by atoms with Crippen LogP contribution in [0.25, 0.3) is 10.8 Å². The van der Waals surface area contributed by atoms with Gasteiger partial charge >= 0.3 is 0 Å². The number of fused-ring (bicyclic) bond motifs is 2. The van der Waals surface area contributed by atoms with Gasteiger partial charge in [0.15, 0.2) is 11.6 Å². The zero-order valence-electron chi connectivity index (χ0n) is 21.9. The number of aliphatic hydroxyl groups is 5. The number of carbonyl (C=O) groups is 2. The molecule has 0 aromatic heterocycles. The molecule has 39 heavy (non-hydrogen) atoms. The lowest BCUT2D eigenvalue weighted by Gasteiger charge is -2.37. The zero-order chi connectivity index (χ0) is 29.1. The molecule has 12 nitrogen and oxygen atoms in total. The molecule has 12 heteroatoms. The van der Waals surface area contributed by atoms with Crippen molar-refractivity contribution in [2.24, 2.45) is 5.92 Å². The Balaban J connectivity index is 1.91. The minimum Gasteiger partial charge on any atom is -0.507 e. The molecule has 0 saturated carbocycles. The molecular formula is C27H34O12. The van der Waals surface area contributed by atoms with Crippen LogP contribution in [0.2, 0.25) is 0 Å². The van der Waals surface area contributed by atoms with Crippen molar-refractivity contribution >= 4 is 22.3 Å². The highest BCUT2D eigenvalue weighted by molar-refractivity contribution is 6.12. The molecule has 2 aromatic carbocycles. The summed E-state index contributed by atoms with van der Waals surface area (Å²) in [6.45, 7) is 4.13. The maximum atomic E-state index is 13.3. The Bertz CT molecular complexity index is 1290. The Morgan fingerprint density at radius 1 is 1.10 bits per heavy atom. The first-order valence-corrected chi connectivity index (χ1v) is 12.6. The number of aromatic hydroxyl groups is 3. The van der Waals surface area contributed by atoms with E-state index < -0.39 is 77.8 Å². The summed E-state index contributed by atoms with van der Waals surface area (Å²) >= 11 is 0. The molecule has 1 fully saturated rings. The van der Waals surface area contributed by atoms with Crippen LogP contribution in [0.4, 0.5) is 0 Å². The topological polar surface area (TPSA) is 214 Å². The Morgan fingerprint density at radius 2 is 1.74 bits per heavy atom. The highest BCUT2D eigenvalue weighted by atomic mass is 16.5. The molecule has 1 heterocycles. The van der Waals surface area contributed by atoms with E-state index in [1.807, 2.05) is 0 Å². The Hall–Kier alpha value is -2.84. The molecule has 0 spiro atoms. The molecule has 2 aliphatic rings. The molecule has 2 aromatic rings. The molecule has 0 unspecified atom stereocenters. The van der Waals surface area contributed by atoms with Crippen molar-refractivity contribution in [3.05, 3.63) is 28.3 Å². The molecule has 9 atom stereocenters. The van der Waals surface area contributed by atoms with Gasteiger partial charge < -0.3 is 50.3 Å². The lowest BCUT2D eigenvalue weighted by atomic mass is 9.74. The smallest absolute Gasteiger partial charge is 0.195 e. The fourth-order valence-electron chi connectivity index (χ4n) is 5.71. The number of phenols is 3. The second-order valence-corrected chi connectivity index (χ2v) is 10.5. The first kappa shape index (κ1) is 29.2. The van der Waals surface area contributed by atoms with E-state index in [2.05, 4.69) is 0 Å². The Labute approximate surface area is 223 Å². The Kier molecular flexibility index (Phi) is 7.94. The van der Waals surface area contributed by atoms with E-state index in [-0.39, 0.29) is 51.6 Å². The van der Waals surface area contributed by atoms with Gasteiger partial charge in [0, 0.05) is 30.6 Å². The van der Waals surface area contributed by atoms with Crippen LogP contribution in [-0.4, -0.2) is 102 Å². The van der Waals surface area contributed by atoms with Crippen LogP contribution >= 0.6 is 0 Å². The van der Waals surface area contributed by atoms with Crippen LogP contribution in [-0.2, 0) is 20.7 Å². The van der Waals surface area contributed by atoms with Gasteiger partial charge in [0.2, 0.25) is 0 Å². The second kappa shape index (κ2) is 10.6. The maximum Gasteiger partial charge on any atom is 0.195 e. The lowest BCUT2D eigenvalue weighted by molar-refractivity contribution is -0.163. The van der Waals surface area contributed by atoms with Crippen molar-refractivity contribution in [2.45, 2.75) is 82.4 Å². The van der Waals surface area contributed by atoms with Gasteiger partial charge in [-0.15, -0.1) is 0 Å². The van der Waals surface area contributed by atoms with Crippen molar-refractivity contribution in [1.29, 1.82) is 0 Å². The summed E-state index contributed by atoms with van der Waals surface area (Å²) in [6, 6.07) is 1.42. The molecule has 0 amide bonds. The molecule has 8 N–H and O–H groups in total. The molecule has 4 rings (SSSR count). The van der Waals surface area contributed by atoms with Crippen LogP contribution in [0, 0.1) is 12.8 Å². The number of phenolic OH excluding ortho intramolecular Hbond substituents is 3.